The van der Waals surface area contributed by atoms with Gasteiger partial charge < -0.3 is 4.74 Å². The van der Waals surface area contributed by atoms with E-state index in [0.717, 1.165) is 22.3 Å². The van der Waals surface area contributed by atoms with Crippen molar-refractivity contribution in [1.82, 2.24) is 4.31 Å². The summed E-state index contributed by atoms with van der Waals surface area (Å²) in [5.74, 6) is 0. The molecule has 1 heterocycles. The number of rotatable bonds is 2. The first-order valence-corrected chi connectivity index (χ1v) is 9.24. The van der Waals surface area contributed by atoms with Crippen LogP contribution in [0.2, 0.25) is 0 Å². The molecule has 5 heteroatoms. The minimum Gasteiger partial charge on any atom is -0.373 e. The van der Waals surface area contributed by atoms with Crippen molar-refractivity contribution in [2.45, 2.75) is 65.6 Å². The van der Waals surface area contributed by atoms with Crippen LogP contribution in [0.25, 0.3) is 0 Å². The molecule has 1 aromatic rings. The fraction of sp³-hybridized carbons (Fsp3) is 0.647. The molecule has 0 spiro atoms. The lowest BCUT2D eigenvalue weighted by molar-refractivity contribution is -0.0441. The SMILES string of the molecule is Cc1c(C)c(C)c(S(=O)(=O)N2C[C@H](C)O[C@@H](C)C2)c(C)c1C. The largest absolute Gasteiger partial charge is 0.373 e. The molecular weight excluding hydrogens is 298 g/mol. The third kappa shape index (κ3) is 2.82. The molecule has 1 aromatic carbocycles. The van der Waals surface area contributed by atoms with Gasteiger partial charge in [0.05, 0.1) is 17.1 Å². The summed E-state index contributed by atoms with van der Waals surface area (Å²) in [6.45, 7) is 14.5. The molecule has 0 unspecified atom stereocenters. The van der Waals surface area contributed by atoms with Gasteiger partial charge in [-0.05, 0) is 76.3 Å². The predicted octanol–water partition coefficient (Wildman–Crippen LogP) is 3.03. The molecule has 2 rings (SSSR count). The van der Waals surface area contributed by atoms with Crippen molar-refractivity contribution in [3.8, 4) is 0 Å². The molecule has 0 bridgehead atoms. The molecule has 0 N–H and O–H groups in total. The zero-order valence-electron chi connectivity index (χ0n) is 14.6. The Bertz CT molecular complexity index is 655. The van der Waals surface area contributed by atoms with E-state index in [2.05, 4.69) is 6.92 Å². The van der Waals surface area contributed by atoms with Crippen molar-refractivity contribution in [3.63, 3.8) is 0 Å². The number of hydrogen-bond donors (Lipinski definition) is 0. The van der Waals surface area contributed by atoms with Gasteiger partial charge in [0.2, 0.25) is 10.0 Å². The number of sulfonamides is 1. The van der Waals surface area contributed by atoms with Gasteiger partial charge in [-0.2, -0.15) is 4.31 Å². The molecule has 1 aliphatic heterocycles. The first-order chi connectivity index (χ1) is 10.1. The Balaban J connectivity index is 2.60. The van der Waals surface area contributed by atoms with Crippen molar-refractivity contribution in [2.24, 2.45) is 0 Å². The lowest BCUT2D eigenvalue weighted by atomic mass is 9.95. The minimum absolute atomic E-state index is 0.0771. The maximum Gasteiger partial charge on any atom is 0.243 e. The number of morpholine rings is 1. The van der Waals surface area contributed by atoms with Crippen molar-refractivity contribution in [3.05, 3.63) is 27.8 Å². The molecule has 1 aliphatic rings. The van der Waals surface area contributed by atoms with E-state index in [4.69, 9.17) is 4.74 Å². The quantitative estimate of drug-likeness (QED) is 0.839. The van der Waals surface area contributed by atoms with Gasteiger partial charge in [-0.25, -0.2) is 8.42 Å². The number of benzene rings is 1. The number of nitrogens with zero attached hydrogens (tertiary/aromatic N) is 1. The van der Waals surface area contributed by atoms with E-state index < -0.39 is 10.0 Å². The van der Waals surface area contributed by atoms with Crippen LogP contribution in [0.3, 0.4) is 0 Å². The van der Waals surface area contributed by atoms with Crippen LogP contribution in [0.4, 0.5) is 0 Å². The average molecular weight is 325 g/mol. The van der Waals surface area contributed by atoms with Gasteiger partial charge in [-0.3, -0.25) is 0 Å². The van der Waals surface area contributed by atoms with Gasteiger partial charge >= 0.3 is 0 Å². The van der Waals surface area contributed by atoms with Gasteiger partial charge in [0.25, 0.3) is 0 Å². The Morgan fingerprint density at radius 3 is 1.59 bits per heavy atom. The highest BCUT2D eigenvalue weighted by Crippen LogP contribution is 2.32. The second-order valence-corrected chi connectivity index (χ2v) is 8.41. The second-order valence-electron chi connectivity index (χ2n) is 6.53. The van der Waals surface area contributed by atoms with E-state index in [1.807, 2.05) is 41.5 Å². The van der Waals surface area contributed by atoms with Crippen LogP contribution >= 0.6 is 0 Å². The van der Waals surface area contributed by atoms with E-state index in [1.54, 1.807) is 4.31 Å². The molecule has 0 radical (unpaired) electrons. The fourth-order valence-corrected chi connectivity index (χ4v) is 5.46. The number of ether oxygens (including phenoxy) is 1. The summed E-state index contributed by atoms with van der Waals surface area (Å²) >= 11 is 0. The van der Waals surface area contributed by atoms with Crippen molar-refractivity contribution in [1.29, 1.82) is 0 Å². The summed E-state index contributed by atoms with van der Waals surface area (Å²) in [6, 6.07) is 0. The van der Waals surface area contributed by atoms with Crippen LogP contribution in [0.1, 0.15) is 41.7 Å². The molecule has 0 amide bonds. The molecule has 1 saturated heterocycles. The number of hydrogen-bond acceptors (Lipinski definition) is 3. The molecular formula is C17H27NO3S. The average Bonchev–Trinajstić information content (AvgIpc) is 2.42. The van der Waals surface area contributed by atoms with Crippen LogP contribution in [-0.2, 0) is 14.8 Å². The second kappa shape index (κ2) is 5.95. The third-order valence-corrected chi connectivity index (χ3v) is 7.02. The smallest absolute Gasteiger partial charge is 0.243 e. The van der Waals surface area contributed by atoms with Crippen LogP contribution < -0.4 is 0 Å². The fourth-order valence-electron chi connectivity index (χ4n) is 3.31. The van der Waals surface area contributed by atoms with Gasteiger partial charge in [-0.15, -0.1) is 0 Å². The Kier molecular flexibility index (Phi) is 4.71. The summed E-state index contributed by atoms with van der Waals surface area (Å²) in [5.41, 5.74) is 5.05. The highest BCUT2D eigenvalue weighted by Gasteiger charge is 2.34. The maximum atomic E-state index is 13.2. The zero-order chi connectivity index (χ0) is 16.8. The van der Waals surface area contributed by atoms with Crippen LogP contribution in [-0.4, -0.2) is 38.0 Å². The molecule has 4 nitrogen and oxygen atoms in total. The van der Waals surface area contributed by atoms with Crippen LogP contribution in [0.5, 0.6) is 0 Å². The highest BCUT2D eigenvalue weighted by molar-refractivity contribution is 7.89. The summed E-state index contributed by atoms with van der Waals surface area (Å²) in [5, 5.41) is 0. The molecule has 22 heavy (non-hydrogen) atoms. The van der Waals surface area contributed by atoms with Crippen LogP contribution in [0, 0.1) is 34.6 Å². The topological polar surface area (TPSA) is 46.6 Å². The lowest BCUT2D eigenvalue weighted by Gasteiger charge is -2.35. The lowest BCUT2D eigenvalue weighted by Crippen LogP contribution is -2.48. The van der Waals surface area contributed by atoms with Crippen molar-refractivity contribution in [2.75, 3.05) is 13.1 Å². The Morgan fingerprint density at radius 1 is 0.818 bits per heavy atom. The van der Waals surface area contributed by atoms with E-state index >= 15 is 0 Å². The monoisotopic (exact) mass is 325 g/mol. The first-order valence-electron chi connectivity index (χ1n) is 7.80. The molecule has 0 aromatic heterocycles. The summed E-state index contributed by atoms with van der Waals surface area (Å²) < 4.78 is 33.7. The first kappa shape index (κ1) is 17.4. The molecule has 0 aliphatic carbocycles. The summed E-state index contributed by atoms with van der Waals surface area (Å²) in [7, 11) is -3.50. The van der Waals surface area contributed by atoms with Gasteiger partial charge in [0.1, 0.15) is 0 Å². The summed E-state index contributed by atoms with van der Waals surface area (Å²) in [4.78, 5) is 0.481. The highest BCUT2D eigenvalue weighted by atomic mass is 32.2. The molecule has 2 atom stereocenters. The molecule has 1 fully saturated rings. The Labute approximate surface area is 134 Å². The van der Waals surface area contributed by atoms with E-state index in [1.165, 1.54) is 5.56 Å². The van der Waals surface area contributed by atoms with Gasteiger partial charge in [-0.1, -0.05) is 0 Å². The standard InChI is InChI=1S/C17H27NO3S/c1-10-8-18(9-11(2)21-10)22(19,20)17-15(6)13(4)12(3)14(5)16(17)7/h10-11H,8-9H2,1-7H3/t10-,11-/m0/s1. The minimum atomic E-state index is -3.50. The van der Waals surface area contributed by atoms with E-state index in [9.17, 15) is 8.42 Å². The molecule has 0 saturated carbocycles. The van der Waals surface area contributed by atoms with E-state index in [0.29, 0.717) is 18.0 Å². The zero-order valence-corrected chi connectivity index (χ0v) is 15.5. The van der Waals surface area contributed by atoms with Gasteiger partial charge in [0.15, 0.2) is 0 Å². The maximum absolute atomic E-state index is 13.2. The van der Waals surface area contributed by atoms with Crippen molar-refractivity contribution >= 4 is 10.0 Å². The van der Waals surface area contributed by atoms with E-state index in [-0.39, 0.29) is 12.2 Å². The normalized spacial score (nSPS) is 23.8. The Hall–Kier alpha value is -0.910. The Morgan fingerprint density at radius 2 is 1.18 bits per heavy atom. The van der Waals surface area contributed by atoms with Crippen LogP contribution in [0.15, 0.2) is 4.90 Å². The van der Waals surface area contributed by atoms with Crippen molar-refractivity contribution < 1.29 is 13.2 Å². The molecule has 124 valence electrons. The third-order valence-electron chi connectivity index (χ3n) is 4.92. The summed E-state index contributed by atoms with van der Waals surface area (Å²) in [6.07, 6.45) is -0.154. The predicted molar refractivity (Wildman–Crippen MR) is 88.9 cm³/mol. The van der Waals surface area contributed by atoms with Gasteiger partial charge in [0, 0.05) is 13.1 Å².